The van der Waals surface area contributed by atoms with Crippen LogP contribution >= 0.6 is 0 Å². The van der Waals surface area contributed by atoms with E-state index >= 15 is 0 Å². The summed E-state index contributed by atoms with van der Waals surface area (Å²) in [4.78, 5) is 0. The molecule has 19 heavy (non-hydrogen) atoms. The molecule has 0 spiro atoms. The highest BCUT2D eigenvalue weighted by Crippen LogP contribution is 2.19. The van der Waals surface area contributed by atoms with Crippen LogP contribution in [0.1, 0.15) is 29.7 Å². The Morgan fingerprint density at radius 1 is 1.05 bits per heavy atom. The van der Waals surface area contributed by atoms with Gasteiger partial charge in [0, 0.05) is 0 Å². The third kappa shape index (κ3) is 3.81. The molecule has 100 valence electrons. The molecule has 0 saturated carbocycles. The van der Waals surface area contributed by atoms with E-state index in [2.05, 4.69) is 0 Å². The fourth-order valence-corrected chi connectivity index (χ4v) is 1.77. The van der Waals surface area contributed by atoms with E-state index in [1.54, 1.807) is 6.92 Å². The van der Waals surface area contributed by atoms with Gasteiger partial charge in [0.1, 0.15) is 12.4 Å². The van der Waals surface area contributed by atoms with E-state index in [1.165, 1.54) is 0 Å². The molecule has 2 rings (SSSR count). The van der Waals surface area contributed by atoms with Gasteiger partial charge in [-0.15, -0.1) is 0 Å². The van der Waals surface area contributed by atoms with Gasteiger partial charge < -0.3 is 14.9 Å². The first-order chi connectivity index (χ1) is 9.19. The van der Waals surface area contributed by atoms with Gasteiger partial charge in [0.05, 0.1) is 12.7 Å². The lowest BCUT2D eigenvalue weighted by Crippen LogP contribution is -1.97. The van der Waals surface area contributed by atoms with Crippen LogP contribution in [0.3, 0.4) is 0 Å². The fourth-order valence-electron chi connectivity index (χ4n) is 1.77. The van der Waals surface area contributed by atoms with Crippen molar-refractivity contribution in [2.45, 2.75) is 26.2 Å². The molecule has 0 aromatic heterocycles. The SMILES string of the molecule is C[C@@H](O)c1cccc(OCc2ccc(CO)cc2)c1. The molecule has 0 aliphatic carbocycles. The molecule has 2 N–H and O–H groups in total. The Kier molecular flexibility index (Phi) is 4.55. The summed E-state index contributed by atoms with van der Waals surface area (Å²) in [5, 5.41) is 18.5. The molecule has 0 heterocycles. The molecular formula is C16H18O3. The second-order valence-corrected chi connectivity index (χ2v) is 4.51. The molecule has 0 amide bonds. The van der Waals surface area contributed by atoms with E-state index in [-0.39, 0.29) is 6.61 Å². The van der Waals surface area contributed by atoms with Crippen molar-refractivity contribution in [2.75, 3.05) is 0 Å². The van der Waals surface area contributed by atoms with Gasteiger partial charge >= 0.3 is 0 Å². The molecule has 0 aliphatic rings. The normalized spacial score (nSPS) is 12.2. The average molecular weight is 258 g/mol. The number of rotatable bonds is 5. The van der Waals surface area contributed by atoms with Crippen molar-refractivity contribution in [2.24, 2.45) is 0 Å². The highest BCUT2D eigenvalue weighted by molar-refractivity contribution is 5.30. The van der Waals surface area contributed by atoms with Crippen molar-refractivity contribution in [3.05, 3.63) is 65.2 Å². The zero-order chi connectivity index (χ0) is 13.7. The van der Waals surface area contributed by atoms with Crippen molar-refractivity contribution in [3.63, 3.8) is 0 Å². The predicted molar refractivity (Wildman–Crippen MR) is 73.8 cm³/mol. The van der Waals surface area contributed by atoms with E-state index in [4.69, 9.17) is 9.84 Å². The smallest absolute Gasteiger partial charge is 0.120 e. The van der Waals surface area contributed by atoms with Crippen LogP contribution in [-0.4, -0.2) is 10.2 Å². The van der Waals surface area contributed by atoms with E-state index in [0.29, 0.717) is 6.61 Å². The predicted octanol–water partition coefficient (Wildman–Crippen LogP) is 2.81. The van der Waals surface area contributed by atoms with Gasteiger partial charge in [0.15, 0.2) is 0 Å². The Bertz CT molecular complexity index is 518. The second-order valence-electron chi connectivity index (χ2n) is 4.51. The van der Waals surface area contributed by atoms with Crippen molar-refractivity contribution < 1.29 is 14.9 Å². The Hall–Kier alpha value is -1.84. The Labute approximate surface area is 113 Å². The molecule has 0 saturated heterocycles. The molecule has 0 unspecified atom stereocenters. The third-order valence-corrected chi connectivity index (χ3v) is 2.95. The zero-order valence-electron chi connectivity index (χ0n) is 10.9. The van der Waals surface area contributed by atoms with Crippen LogP contribution in [0.5, 0.6) is 5.75 Å². The van der Waals surface area contributed by atoms with Gasteiger partial charge in [-0.3, -0.25) is 0 Å². The van der Waals surface area contributed by atoms with E-state index in [1.807, 2.05) is 48.5 Å². The number of aliphatic hydroxyl groups excluding tert-OH is 2. The van der Waals surface area contributed by atoms with E-state index in [9.17, 15) is 5.11 Å². The van der Waals surface area contributed by atoms with Gasteiger partial charge in [0.2, 0.25) is 0 Å². The lowest BCUT2D eigenvalue weighted by Gasteiger charge is -2.10. The Morgan fingerprint density at radius 3 is 2.37 bits per heavy atom. The number of hydrogen-bond acceptors (Lipinski definition) is 3. The van der Waals surface area contributed by atoms with Gasteiger partial charge in [-0.2, -0.15) is 0 Å². The summed E-state index contributed by atoms with van der Waals surface area (Å²) in [7, 11) is 0. The summed E-state index contributed by atoms with van der Waals surface area (Å²) < 4.78 is 5.68. The van der Waals surface area contributed by atoms with Gasteiger partial charge in [0.25, 0.3) is 0 Å². The largest absolute Gasteiger partial charge is 0.489 e. The van der Waals surface area contributed by atoms with Gasteiger partial charge in [-0.1, -0.05) is 36.4 Å². The number of benzene rings is 2. The highest BCUT2D eigenvalue weighted by atomic mass is 16.5. The van der Waals surface area contributed by atoms with Crippen LogP contribution < -0.4 is 4.74 Å². The maximum Gasteiger partial charge on any atom is 0.120 e. The summed E-state index contributed by atoms with van der Waals surface area (Å²) in [5.41, 5.74) is 2.77. The van der Waals surface area contributed by atoms with Crippen LogP contribution in [0.2, 0.25) is 0 Å². The summed E-state index contributed by atoms with van der Waals surface area (Å²) in [6.45, 7) is 2.25. The summed E-state index contributed by atoms with van der Waals surface area (Å²) >= 11 is 0. The molecule has 2 aromatic rings. The first kappa shape index (κ1) is 13.6. The van der Waals surface area contributed by atoms with Crippen LogP contribution in [-0.2, 0) is 13.2 Å². The van der Waals surface area contributed by atoms with Crippen molar-refractivity contribution in [3.8, 4) is 5.75 Å². The van der Waals surface area contributed by atoms with Crippen molar-refractivity contribution >= 4 is 0 Å². The van der Waals surface area contributed by atoms with Crippen molar-refractivity contribution in [1.82, 2.24) is 0 Å². The highest BCUT2D eigenvalue weighted by Gasteiger charge is 2.02. The molecule has 0 radical (unpaired) electrons. The fraction of sp³-hybridized carbons (Fsp3) is 0.250. The Morgan fingerprint density at radius 2 is 1.74 bits per heavy atom. The van der Waals surface area contributed by atoms with Crippen LogP contribution in [0, 0.1) is 0 Å². The summed E-state index contributed by atoms with van der Waals surface area (Å²) in [5.74, 6) is 0.740. The standard InChI is InChI=1S/C16H18O3/c1-12(18)15-3-2-4-16(9-15)19-11-14-7-5-13(10-17)6-8-14/h2-9,12,17-18H,10-11H2,1H3/t12-/m1/s1. The molecular weight excluding hydrogens is 240 g/mol. The van der Waals surface area contributed by atoms with E-state index in [0.717, 1.165) is 22.4 Å². The maximum atomic E-state index is 9.51. The van der Waals surface area contributed by atoms with Gasteiger partial charge in [-0.25, -0.2) is 0 Å². The number of hydrogen-bond donors (Lipinski definition) is 2. The monoisotopic (exact) mass is 258 g/mol. The molecule has 0 aliphatic heterocycles. The molecule has 2 aromatic carbocycles. The first-order valence-corrected chi connectivity index (χ1v) is 6.28. The lowest BCUT2D eigenvalue weighted by atomic mass is 10.1. The number of ether oxygens (including phenoxy) is 1. The third-order valence-electron chi connectivity index (χ3n) is 2.95. The average Bonchev–Trinajstić information content (AvgIpc) is 2.46. The topological polar surface area (TPSA) is 49.7 Å². The Balaban J connectivity index is 1.99. The summed E-state index contributed by atoms with van der Waals surface area (Å²) in [6.07, 6.45) is -0.493. The molecule has 3 nitrogen and oxygen atoms in total. The van der Waals surface area contributed by atoms with Crippen LogP contribution in [0.4, 0.5) is 0 Å². The molecule has 0 bridgehead atoms. The minimum atomic E-state index is -0.493. The molecule has 3 heteroatoms. The van der Waals surface area contributed by atoms with Crippen molar-refractivity contribution in [1.29, 1.82) is 0 Å². The van der Waals surface area contributed by atoms with Crippen LogP contribution in [0.25, 0.3) is 0 Å². The zero-order valence-corrected chi connectivity index (χ0v) is 10.9. The summed E-state index contributed by atoms with van der Waals surface area (Å²) in [6, 6.07) is 15.1. The van der Waals surface area contributed by atoms with Crippen LogP contribution in [0.15, 0.2) is 48.5 Å². The minimum Gasteiger partial charge on any atom is -0.489 e. The molecule has 1 atom stereocenters. The van der Waals surface area contributed by atoms with E-state index < -0.39 is 6.10 Å². The quantitative estimate of drug-likeness (QED) is 0.867. The first-order valence-electron chi connectivity index (χ1n) is 6.28. The minimum absolute atomic E-state index is 0.0531. The second kappa shape index (κ2) is 6.36. The lowest BCUT2D eigenvalue weighted by molar-refractivity contribution is 0.198. The maximum absolute atomic E-state index is 9.51. The molecule has 0 fully saturated rings. The number of aliphatic hydroxyl groups is 2. The van der Waals surface area contributed by atoms with Gasteiger partial charge in [-0.05, 0) is 35.7 Å².